The number of nitro benzene ring substituents is 1. The molecule has 19 heavy (non-hydrogen) atoms. The van der Waals surface area contributed by atoms with Crippen LogP contribution in [0, 0.1) is 10.1 Å². The van der Waals surface area contributed by atoms with Gasteiger partial charge in [0.25, 0.3) is 11.6 Å². The number of anilines is 1. The number of hydrogen-bond donors (Lipinski definition) is 2. The van der Waals surface area contributed by atoms with Gasteiger partial charge in [-0.05, 0) is 12.5 Å². The van der Waals surface area contributed by atoms with Crippen molar-refractivity contribution in [3.05, 3.63) is 33.9 Å². The molecule has 1 aliphatic heterocycles. The molecular weight excluding hydrogens is 272 g/mol. The van der Waals surface area contributed by atoms with Crippen LogP contribution in [0.15, 0.2) is 18.2 Å². The molecule has 1 aromatic carbocycles. The average molecular weight is 287 g/mol. The summed E-state index contributed by atoms with van der Waals surface area (Å²) in [6.07, 6.45) is 0.737. The maximum Gasteiger partial charge on any atom is 0.270 e. The molecule has 1 atom stereocenters. The van der Waals surface area contributed by atoms with Gasteiger partial charge in [0.15, 0.2) is 0 Å². The smallest absolute Gasteiger partial charge is 0.270 e. The molecule has 1 fully saturated rings. The fraction of sp³-hybridized carbons (Fsp3) is 0.364. The molecule has 2 rings (SSSR count). The molecule has 1 aromatic rings. The van der Waals surface area contributed by atoms with Crippen LogP contribution in [0.5, 0.6) is 0 Å². The lowest BCUT2D eigenvalue weighted by molar-refractivity contribution is -0.384. The SMILES string of the molecule is Cl.Nc1ccc([N+](=O)[O-])cc1C(=O)N1CCC(N)C1. The Labute approximate surface area is 116 Å². The lowest BCUT2D eigenvalue weighted by atomic mass is 10.1. The number of hydrogen-bond acceptors (Lipinski definition) is 5. The number of halogens is 1. The average Bonchev–Trinajstić information content (AvgIpc) is 2.75. The monoisotopic (exact) mass is 286 g/mol. The molecule has 0 spiro atoms. The number of non-ortho nitro benzene ring substituents is 1. The number of nitrogens with zero attached hydrogens (tertiary/aromatic N) is 2. The molecule has 8 heteroatoms. The van der Waals surface area contributed by atoms with Crippen LogP contribution in [0.3, 0.4) is 0 Å². The molecule has 0 bridgehead atoms. The van der Waals surface area contributed by atoms with E-state index in [0.717, 1.165) is 6.42 Å². The summed E-state index contributed by atoms with van der Waals surface area (Å²) in [4.78, 5) is 23.9. The number of nitrogen functional groups attached to an aromatic ring is 1. The standard InChI is InChI=1S/C11H14N4O3.ClH/c12-7-3-4-14(6-7)11(16)9-5-8(15(17)18)1-2-10(9)13;/h1-2,5,7H,3-4,6,12-13H2;1H. The Morgan fingerprint density at radius 2 is 2.16 bits per heavy atom. The van der Waals surface area contributed by atoms with E-state index in [2.05, 4.69) is 0 Å². The van der Waals surface area contributed by atoms with Gasteiger partial charge in [-0.25, -0.2) is 0 Å². The summed E-state index contributed by atoms with van der Waals surface area (Å²) in [7, 11) is 0. The first-order valence-corrected chi connectivity index (χ1v) is 5.58. The highest BCUT2D eigenvalue weighted by Gasteiger charge is 2.26. The Morgan fingerprint density at radius 1 is 1.47 bits per heavy atom. The van der Waals surface area contributed by atoms with Gasteiger partial charge in [0.05, 0.1) is 10.5 Å². The number of amides is 1. The van der Waals surface area contributed by atoms with E-state index in [0.29, 0.717) is 13.1 Å². The molecule has 1 unspecified atom stereocenters. The summed E-state index contributed by atoms with van der Waals surface area (Å²) in [6, 6.07) is 3.83. The van der Waals surface area contributed by atoms with Crippen molar-refractivity contribution in [3.63, 3.8) is 0 Å². The number of carbonyl (C=O) groups excluding carboxylic acids is 1. The van der Waals surface area contributed by atoms with E-state index in [1.165, 1.54) is 18.2 Å². The van der Waals surface area contributed by atoms with Crippen molar-refractivity contribution in [3.8, 4) is 0 Å². The molecule has 1 saturated heterocycles. The van der Waals surface area contributed by atoms with Crippen LogP contribution in [0.2, 0.25) is 0 Å². The highest BCUT2D eigenvalue weighted by atomic mass is 35.5. The first kappa shape index (κ1) is 15.2. The maximum atomic E-state index is 12.2. The quantitative estimate of drug-likeness (QED) is 0.473. The highest BCUT2D eigenvalue weighted by molar-refractivity contribution is 6.00. The summed E-state index contributed by atoms with van der Waals surface area (Å²) in [5.41, 5.74) is 11.7. The molecule has 0 aliphatic carbocycles. The first-order valence-electron chi connectivity index (χ1n) is 5.58. The van der Waals surface area contributed by atoms with Crippen molar-refractivity contribution in [1.82, 2.24) is 4.90 Å². The van der Waals surface area contributed by atoms with Gasteiger partial charge < -0.3 is 16.4 Å². The zero-order valence-corrected chi connectivity index (χ0v) is 10.9. The molecule has 0 saturated carbocycles. The summed E-state index contributed by atoms with van der Waals surface area (Å²) in [6.45, 7) is 1.02. The van der Waals surface area contributed by atoms with Crippen molar-refractivity contribution in [2.24, 2.45) is 5.73 Å². The Morgan fingerprint density at radius 3 is 2.68 bits per heavy atom. The van der Waals surface area contributed by atoms with Crippen molar-refractivity contribution in [2.45, 2.75) is 12.5 Å². The third-order valence-corrected chi connectivity index (χ3v) is 2.99. The summed E-state index contributed by atoms with van der Waals surface area (Å²) in [5.74, 6) is -0.302. The molecule has 0 radical (unpaired) electrons. The van der Waals surface area contributed by atoms with Gasteiger partial charge >= 0.3 is 0 Å². The second-order valence-corrected chi connectivity index (χ2v) is 4.33. The lowest BCUT2D eigenvalue weighted by Gasteiger charge is -2.16. The van der Waals surface area contributed by atoms with Gasteiger partial charge in [0.2, 0.25) is 0 Å². The van der Waals surface area contributed by atoms with Crippen LogP contribution < -0.4 is 11.5 Å². The van der Waals surface area contributed by atoms with Crippen LogP contribution in [-0.4, -0.2) is 34.9 Å². The second-order valence-electron chi connectivity index (χ2n) is 4.33. The molecular formula is C11H15ClN4O3. The number of rotatable bonds is 2. The van der Waals surface area contributed by atoms with Crippen LogP contribution in [0.1, 0.15) is 16.8 Å². The molecule has 1 heterocycles. The van der Waals surface area contributed by atoms with E-state index >= 15 is 0 Å². The highest BCUT2D eigenvalue weighted by Crippen LogP contribution is 2.22. The number of nitrogens with two attached hydrogens (primary N) is 2. The first-order chi connectivity index (χ1) is 8.49. The lowest BCUT2D eigenvalue weighted by Crippen LogP contribution is -2.32. The van der Waals surface area contributed by atoms with Gasteiger partial charge in [-0.2, -0.15) is 0 Å². The largest absolute Gasteiger partial charge is 0.398 e. The minimum Gasteiger partial charge on any atom is -0.398 e. The van der Waals surface area contributed by atoms with Crippen LogP contribution in [0.4, 0.5) is 11.4 Å². The van der Waals surface area contributed by atoms with Gasteiger partial charge in [-0.15, -0.1) is 12.4 Å². The van der Waals surface area contributed by atoms with Gasteiger partial charge in [-0.1, -0.05) is 0 Å². The van der Waals surface area contributed by atoms with Crippen LogP contribution in [0.25, 0.3) is 0 Å². The summed E-state index contributed by atoms with van der Waals surface area (Å²) in [5, 5.41) is 10.7. The van der Waals surface area contributed by atoms with E-state index < -0.39 is 4.92 Å². The minimum absolute atomic E-state index is 0. The third-order valence-electron chi connectivity index (χ3n) is 2.99. The molecule has 104 valence electrons. The van der Waals surface area contributed by atoms with E-state index in [-0.39, 0.29) is 41.3 Å². The van der Waals surface area contributed by atoms with Crippen molar-refractivity contribution < 1.29 is 9.72 Å². The second kappa shape index (κ2) is 5.85. The predicted molar refractivity (Wildman–Crippen MR) is 73.3 cm³/mol. The van der Waals surface area contributed by atoms with Crippen molar-refractivity contribution >= 4 is 29.7 Å². The zero-order chi connectivity index (χ0) is 13.3. The van der Waals surface area contributed by atoms with E-state index in [4.69, 9.17) is 11.5 Å². The third kappa shape index (κ3) is 3.12. The van der Waals surface area contributed by atoms with Gasteiger partial charge in [0.1, 0.15) is 0 Å². The molecule has 1 aliphatic rings. The maximum absolute atomic E-state index is 12.2. The Balaban J connectivity index is 0.00000180. The molecule has 7 nitrogen and oxygen atoms in total. The van der Waals surface area contributed by atoms with E-state index in [9.17, 15) is 14.9 Å². The Bertz CT molecular complexity index is 509. The topological polar surface area (TPSA) is 115 Å². The van der Waals surface area contributed by atoms with E-state index in [1.807, 2.05) is 0 Å². The molecule has 0 aromatic heterocycles. The number of likely N-dealkylation sites (tertiary alicyclic amines) is 1. The van der Waals surface area contributed by atoms with Crippen molar-refractivity contribution in [1.29, 1.82) is 0 Å². The normalized spacial score (nSPS) is 17.9. The van der Waals surface area contributed by atoms with E-state index in [1.54, 1.807) is 4.90 Å². The van der Waals surface area contributed by atoms with Crippen LogP contribution >= 0.6 is 12.4 Å². The molecule has 1 amide bonds. The Kier molecular flexibility index (Phi) is 4.68. The van der Waals surface area contributed by atoms with Crippen molar-refractivity contribution in [2.75, 3.05) is 18.8 Å². The fourth-order valence-electron chi connectivity index (χ4n) is 1.99. The minimum atomic E-state index is -0.550. The zero-order valence-electron chi connectivity index (χ0n) is 10.1. The van der Waals surface area contributed by atoms with Gasteiger partial charge in [-0.3, -0.25) is 14.9 Å². The summed E-state index contributed by atoms with van der Waals surface area (Å²) >= 11 is 0. The summed E-state index contributed by atoms with van der Waals surface area (Å²) < 4.78 is 0. The van der Waals surface area contributed by atoms with Gasteiger partial charge in [0, 0.05) is 37.0 Å². The molecule has 4 N–H and O–H groups in total. The predicted octanol–water partition coefficient (Wildman–Crippen LogP) is 0.772. The fourth-order valence-corrected chi connectivity index (χ4v) is 1.99. The Hall–Kier alpha value is -1.86. The van der Waals surface area contributed by atoms with Crippen LogP contribution in [-0.2, 0) is 0 Å². The number of carbonyl (C=O) groups is 1. The number of nitro groups is 1. The number of benzene rings is 1.